The van der Waals surface area contributed by atoms with E-state index in [0.29, 0.717) is 6.04 Å². The molecule has 0 amide bonds. The zero-order valence-corrected chi connectivity index (χ0v) is 16.3. The van der Waals surface area contributed by atoms with Crippen LogP contribution in [0.15, 0.2) is 42.0 Å². The number of benzene rings is 1. The summed E-state index contributed by atoms with van der Waals surface area (Å²) in [7, 11) is 0. The van der Waals surface area contributed by atoms with Crippen LogP contribution in [0.4, 0.5) is 0 Å². The van der Waals surface area contributed by atoms with E-state index in [9.17, 15) is 0 Å². The smallest absolute Gasteiger partial charge is 0.0287 e. The fourth-order valence-corrected chi connectivity index (χ4v) is 4.74. The van der Waals surface area contributed by atoms with Gasteiger partial charge in [-0.1, -0.05) is 93.9 Å². The minimum Gasteiger partial charge on any atom is -0.289 e. The van der Waals surface area contributed by atoms with Gasteiger partial charge in [0.2, 0.25) is 0 Å². The van der Waals surface area contributed by atoms with Gasteiger partial charge >= 0.3 is 0 Å². The fraction of sp³-hybridized carbons (Fsp3) is 0.667. The van der Waals surface area contributed by atoms with Crippen molar-refractivity contribution in [2.75, 3.05) is 0 Å². The van der Waals surface area contributed by atoms with E-state index in [-0.39, 0.29) is 0 Å². The van der Waals surface area contributed by atoms with E-state index in [1.807, 2.05) is 0 Å². The summed E-state index contributed by atoms with van der Waals surface area (Å²) in [6, 6.07) is 12.5. The Morgan fingerprint density at radius 3 is 2.44 bits per heavy atom. The molecule has 0 saturated carbocycles. The van der Waals surface area contributed by atoms with E-state index in [1.54, 1.807) is 5.57 Å². The van der Waals surface area contributed by atoms with Crippen LogP contribution >= 0.6 is 0 Å². The number of unbranched alkanes of at least 4 members (excludes halogenated alkanes) is 6. The molecule has 1 heteroatoms. The molecule has 25 heavy (non-hydrogen) atoms. The highest BCUT2D eigenvalue weighted by molar-refractivity contribution is 5.20. The van der Waals surface area contributed by atoms with Crippen LogP contribution in [0.25, 0.3) is 0 Å². The van der Waals surface area contributed by atoms with Gasteiger partial charge in [0.25, 0.3) is 0 Å². The third-order valence-corrected chi connectivity index (χ3v) is 6.17. The first kappa shape index (κ1) is 18.7. The number of hydrogen-bond acceptors (Lipinski definition) is 1. The summed E-state index contributed by atoms with van der Waals surface area (Å²) in [5, 5.41) is 0. The van der Waals surface area contributed by atoms with Crippen LogP contribution in [0.2, 0.25) is 0 Å². The highest BCUT2D eigenvalue weighted by Crippen LogP contribution is 2.36. The molecule has 2 unspecified atom stereocenters. The van der Waals surface area contributed by atoms with Gasteiger partial charge in [0, 0.05) is 18.6 Å². The van der Waals surface area contributed by atoms with Gasteiger partial charge in [-0.15, -0.1) is 0 Å². The Morgan fingerprint density at radius 1 is 0.920 bits per heavy atom. The van der Waals surface area contributed by atoms with Crippen LogP contribution < -0.4 is 0 Å². The van der Waals surface area contributed by atoms with Crippen molar-refractivity contribution in [1.29, 1.82) is 0 Å². The number of hydrogen-bond donors (Lipinski definition) is 0. The summed E-state index contributed by atoms with van der Waals surface area (Å²) in [4.78, 5) is 2.78. The van der Waals surface area contributed by atoms with Gasteiger partial charge in [-0.25, -0.2) is 0 Å². The summed E-state index contributed by atoms with van der Waals surface area (Å²) < 4.78 is 0. The number of piperidine rings is 1. The van der Waals surface area contributed by atoms with Gasteiger partial charge in [-0.3, -0.25) is 4.90 Å². The average molecular weight is 340 g/mol. The maximum absolute atomic E-state index is 2.78. The van der Waals surface area contributed by atoms with Gasteiger partial charge in [0.15, 0.2) is 0 Å². The normalized spacial score (nSPS) is 23.5. The van der Waals surface area contributed by atoms with Crippen LogP contribution in [-0.4, -0.2) is 17.0 Å². The van der Waals surface area contributed by atoms with Crippen molar-refractivity contribution in [1.82, 2.24) is 4.90 Å². The molecular weight excluding hydrogens is 302 g/mol. The maximum Gasteiger partial charge on any atom is 0.0287 e. The van der Waals surface area contributed by atoms with Crippen LogP contribution in [0.3, 0.4) is 0 Å². The van der Waals surface area contributed by atoms with E-state index in [0.717, 1.165) is 12.6 Å². The third kappa shape index (κ3) is 5.71. The molecule has 138 valence electrons. The second-order valence-electron chi connectivity index (χ2n) is 8.21. The topological polar surface area (TPSA) is 3.24 Å². The molecular formula is C24H37N. The highest BCUT2D eigenvalue weighted by atomic mass is 15.2. The van der Waals surface area contributed by atoms with Crippen LogP contribution in [0.1, 0.15) is 89.5 Å². The molecule has 3 rings (SSSR count). The molecule has 2 aliphatic rings. The summed E-state index contributed by atoms with van der Waals surface area (Å²) in [6.07, 6.45) is 19.5. The molecule has 2 aliphatic heterocycles. The molecule has 0 aliphatic carbocycles. The number of rotatable bonds is 10. The standard InChI is InChI=1S/C24H37N/c1-2-3-4-5-6-7-9-15-22-18-23-16-12-17-24(19-22)25(23)20-21-13-10-8-11-14-21/h8,10-11,13-14,18,23-24H,2-7,9,12,15-17,19-20H2,1H3. The third-order valence-electron chi connectivity index (χ3n) is 6.17. The number of fused-ring (bicyclic) bond motifs is 2. The Bertz CT molecular complexity index is 518. The minimum absolute atomic E-state index is 0.701. The van der Waals surface area contributed by atoms with E-state index in [4.69, 9.17) is 0 Å². The summed E-state index contributed by atoms with van der Waals surface area (Å²) >= 11 is 0. The van der Waals surface area contributed by atoms with E-state index in [1.165, 1.54) is 82.6 Å². The predicted octanol–water partition coefficient (Wildman–Crippen LogP) is 6.88. The summed E-state index contributed by atoms with van der Waals surface area (Å²) in [5.41, 5.74) is 3.25. The minimum atomic E-state index is 0.701. The van der Waals surface area contributed by atoms with Crippen molar-refractivity contribution in [3.8, 4) is 0 Å². The van der Waals surface area contributed by atoms with Crippen LogP contribution in [-0.2, 0) is 6.54 Å². The quantitative estimate of drug-likeness (QED) is 0.332. The first-order valence-electron chi connectivity index (χ1n) is 10.9. The molecule has 0 N–H and O–H groups in total. The molecule has 1 aromatic rings. The summed E-state index contributed by atoms with van der Waals surface area (Å²) in [5.74, 6) is 0. The van der Waals surface area contributed by atoms with E-state index in [2.05, 4.69) is 48.2 Å². The zero-order valence-electron chi connectivity index (χ0n) is 16.3. The van der Waals surface area contributed by atoms with Crippen molar-refractivity contribution in [3.05, 3.63) is 47.5 Å². The Morgan fingerprint density at radius 2 is 1.68 bits per heavy atom. The van der Waals surface area contributed by atoms with Crippen molar-refractivity contribution in [2.45, 2.75) is 103 Å². The first-order valence-corrected chi connectivity index (χ1v) is 10.9. The lowest BCUT2D eigenvalue weighted by molar-refractivity contribution is 0.0876. The van der Waals surface area contributed by atoms with Crippen molar-refractivity contribution in [2.24, 2.45) is 0 Å². The predicted molar refractivity (Wildman–Crippen MR) is 109 cm³/mol. The van der Waals surface area contributed by atoms with Crippen molar-refractivity contribution < 1.29 is 0 Å². The van der Waals surface area contributed by atoms with E-state index >= 15 is 0 Å². The lowest BCUT2D eigenvalue weighted by Gasteiger charge is -2.45. The number of nitrogens with zero attached hydrogens (tertiary/aromatic N) is 1. The fourth-order valence-electron chi connectivity index (χ4n) is 4.74. The zero-order chi connectivity index (χ0) is 17.3. The van der Waals surface area contributed by atoms with Crippen molar-refractivity contribution in [3.63, 3.8) is 0 Å². The molecule has 2 heterocycles. The van der Waals surface area contributed by atoms with Crippen LogP contribution in [0.5, 0.6) is 0 Å². The molecule has 2 bridgehead atoms. The van der Waals surface area contributed by atoms with Gasteiger partial charge in [-0.05, 0) is 37.7 Å². The highest BCUT2D eigenvalue weighted by Gasteiger charge is 2.33. The Balaban J connectivity index is 1.46. The monoisotopic (exact) mass is 339 g/mol. The van der Waals surface area contributed by atoms with Gasteiger partial charge in [0.05, 0.1) is 0 Å². The summed E-state index contributed by atoms with van der Waals surface area (Å²) in [6.45, 7) is 3.44. The van der Waals surface area contributed by atoms with E-state index < -0.39 is 0 Å². The molecule has 0 aromatic heterocycles. The lowest BCUT2D eigenvalue weighted by Crippen LogP contribution is -2.47. The van der Waals surface area contributed by atoms with Crippen LogP contribution in [0, 0.1) is 0 Å². The molecule has 1 fully saturated rings. The van der Waals surface area contributed by atoms with Gasteiger partial charge in [-0.2, -0.15) is 0 Å². The average Bonchev–Trinajstić information content (AvgIpc) is 2.62. The maximum atomic E-state index is 2.78. The van der Waals surface area contributed by atoms with Crippen molar-refractivity contribution >= 4 is 0 Å². The Kier molecular flexibility index (Phi) is 7.60. The Hall–Kier alpha value is -1.08. The SMILES string of the molecule is CCCCCCCCCC1=CC2CCCC(C1)N2Cc1ccccc1. The molecule has 1 saturated heterocycles. The van der Waals surface area contributed by atoms with Gasteiger partial charge in [0.1, 0.15) is 0 Å². The second kappa shape index (κ2) is 10.2. The molecule has 2 atom stereocenters. The largest absolute Gasteiger partial charge is 0.289 e. The lowest BCUT2D eigenvalue weighted by atomic mass is 9.83. The van der Waals surface area contributed by atoms with Gasteiger partial charge < -0.3 is 0 Å². The molecule has 0 radical (unpaired) electrons. The second-order valence-corrected chi connectivity index (χ2v) is 8.21. The molecule has 0 spiro atoms. The molecule has 1 nitrogen and oxygen atoms in total. The first-order chi connectivity index (χ1) is 12.4. The Labute approximate surface area is 155 Å². The molecule has 1 aromatic carbocycles.